The lowest BCUT2D eigenvalue weighted by atomic mass is 9.87. The standard InChI is InChI=1S/C10H14O2/c1-7-5-3-4-6-9(12)10(7)8(2)11/h3,5,7,10H,4,6H2,1-2H3/t7-,10+/m1/s1. The number of hydrogen-bond donors (Lipinski definition) is 0. The predicted molar refractivity (Wildman–Crippen MR) is 46.7 cm³/mol. The Morgan fingerprint density at radius 3 is 2.83 bits per heavy atom. The van der Waals surface area contributed by atoms with E-state index in [0.717, 1.165) is 6.42 Å². The number of carbonyl (C=O) groups excluding carboxylic acids is 2. The summed E-state index contributed by atoms with van der Waals surface area (Å²) in [6.45, 7) is 3.42. The van der Waals surface area contributed by atoms with E-state index >= 15 is 0 Å². The molecule has 0 radical (unpaired) electrons. The van der Waals surface area contributed by atoms with Crippen LogP contribution in [0.1, 0.15) is 26.7 Å². The van der Waals surface area contributed by atoms with Crippen molar-refractivity contribution in [1.82, 2.24) is 0 Å². The van der Waals surface area contributed by atoms with Crippen LogP contribution in [0.25, 0.3) is 0 Å². The first-order chi connectivity index (χ1) is 5.63. The van der Waals surface area contributed by atoms with E-state index in [4.69, 9.17) is 0 Å². The van der Waals surface area contributed by atoms with Crippen molar-refractivity contribution in [2.24, 2.45) is 11.8 Å². The molecule has 0 spiro atoms. The number of Topliss-reactive ketones (excluding diaryl/α,β-unsaturated/α-hetero) is 2. The highest BCUT2D eigenvalue weighted by Gasteiger charge is 2.28. The van der Waals surface area contributed by atoms with E-state index in [0.29, 0.717) is 6.42 Å². The Kier molecular flexibility index (Phi) is 2.79. The molecule has 0 aromatic heterocycles. The number of ketones is 2. The molecule has 0 aromatic rings. The van der Waals surface area contributed by atoms with E-state index in [9.17, 15) is 9.59 Å². The van der Waals surface area contributed by atoms with Gasteiger partial charge in [0.15, 0.2) is 0 Å². The molecule has 2 nitrogen and oxygen atoms in total. The van der Waals surface area contributed by atoms with Gasteiger partial charge in [-0.2, -0.15) is 0 Å². The van der Waals surface area contributed by atoms with Crippen molar-refractivity contribution in [3.05, 3.63) is 12.2 Å². The largest absolute Gasteiger partial charge is 0.299 e. The number of carbonyl (C=O) groups is 2. The molecule has 0 fully saturated rings. The highest BCUT2D eigenvalue weighted by atomic mass is 16.1. The minimum atomic E-state index is -0.385. The first-order valence-corrected chi connectivity index (χ1v) is 4.32. The van der Waals surface area contributed by atoms with Crippen LogP contribution in [-0.4, -0.2) is 11.6 Å². The number of allylic oxidation sites excluding steroid dienone is 2. The Bertz CT molecular complexity index is 228. The van der Waals surface area contributed by atoms with E-state index in [2.05, 4.69) is 0 Å². The molecule has 2 atom stereocenters. The van der Waals surface area contributed by atoms with Gasteiger partial charge in [-0.1, -0.05) is 19.1 Å². The minimum Gasteiger partial charge on any atom is -0.299 e. The van der Waals surface area contributed by atoms with Crippen molar-refractivity contribution in [2.75, 3.05) is 0 Å². The van der Waals surface area contributed by atoms with Crippen molar-refractivity contribution in [1.29, 1.82) is 0 Å². The Balaban J connectivity index is 2.84. The van der Waals surface area contributed by atoms with E-state index < -0.39 is 0 Å². The number of rotatable bonds is 1. The van der Waals surface area contributed by atoms with Crippen LogP contribution in [0, 0.1) is 11.8 Å². The lowest BCUT2D eigenvalue weighted by Crippen LogP contribution is -2.26. The van der Waals surface area contributed by atoms with Crippen LogP contribution in [-0.2, 0) is 9.59 Å². The molecule has 1 aliphatic carbocycles. The van der Waals surface area contributed by atoms with Gasteiger partial charge in [0.25, 0.3) is 0 Å². The molecule has 0 aromatic carbocycles. The maximum Gasteiger partial charge on any atom is 0.144 e. The topological polar surface area (TPSA) is 34.1 Å². The molecular weight excluding hydrogens is 152 g/mol. The van der Waals surface area contributed by atoms with Crippen LogP contribution in [0.3, 0.4) is 0 Å². The SMILES string of the molecule is CC(=O)[C@H]1C(=O)CCC=C[C@H]1C. The molecule has 12 heavy (non-hydrogen) atoms. The molecule has 1 aliphatic rings. The average molecular weight is 166 g/mol. The summed E-state index contributed by atoms with van der Waals surface area (Å²) in [5.41, 5.74) is 0. The van der Waals surface area contributed by atoms with Crippen molar-refractivity contribution in [3.8, 4) is 0 Å². The first kappa shape index (κ1) is 9.17. The van der Waals surface area contributed by atoms with Gasteiger partial charge < -0.3 is 0 Å². The summed E-state index contributed by atoms with van der Waals surface area (Å²) in [6, 6.07) is 0. The Hall–Kier alpha value is -0.920. The average Bonchev–Trinajstić information content (AvgIpc) is 2.11. The van der Waals surface area contributed by atoms with E-state index in [-0.39, 0.29) is 23.4 Å². The quantitative estimate of drug-likeness (QED) is 0.439. The zero-order valence-electron chi connectivity index (χ0n) is 7.54. The van der Waals surface area contributed by atoms with Gasteiger partial charge >= 0.3 is 0 Å². The van der Waals surface area contributed by atoms with Crippen LogP contribution in [0.15, 0.2) is 12.2 Å². The smallest absolute Gasteiger partial charge is 0.144 e. The van der Waals surface area contributed by atoms with Gasteiger partial charge in [0.05, 0.1) is 5.92 Å². The second kappa shape index (κ2) is 3.65. The molecule has 0 bridgehead atoms. The van der Waals surface area contributed by atoms with Crippen LogP contribution in [0.5, 0.6) is 0 Å². The normalized spacial score (nSPS) is 30.0. The van der Waals surface area contributed by atoms with E-state index in [1.165, 1.54) is 6.92 Å². The number of hydrogen-bond acceptors (Lipinski definition) is 2. The fourth-order valence-electron chi connectivity index (χ4n) is 1.69. The lowest BCUT2D eigenvalue weighted by Gasteiger charge is -2.14. The molecule has 0 amide bonds. The molecule has 0 saturated heterocycles. The van der Waals surface area contributed by atoms with Crippen molar-refractivity contribution < 1.29 is 9.59 Å². The minimum absolute atomic E-state index is 0.000880. The predicted octanol–water partition coefficient (Wildman–Crippen LogP) is 1.75. The summed E-state index contributed by atoms with van der Waals surface area (Å²) >= 11 is 0. The maximum atomic E-state index is 11.4. The molecule has 0 N–H and O–H groups in total. The fraction of sp³-hybridized carbons (Fsp3) is 0.600. The van der Waals surface area contributed by atoms with Gasteiger partial charge in [0, 0.05) is 6.42 Å². The molecule has 1 rings (SSSR count). The molecule has 0 heterocycles. The molecule has 0 saturated carbocycles. The second-order valence-electron chi connectivity index (χ2n) is 3.38. The van der Waals surface area contributed by atoms with Crippen molar-refractivity contribution in [3.63, 3.8) is 0 Å². The van der Waals surface area contributed by atoms with Gasteiger partial charge in [0.1, 0.15) is 11.6 Å². The Morgan fingerprint density at radius 2 is 2.25 bits per heavy atom. The van der Waals surface area contributed by atoms with Gasteiger partial charge in [-0.25, -0.2) is 0 Å². The first-order valence-electron chi connectivity index (χ1n) is 4.32. The summed E-state index contributed by atoms with van der Waals surface area (Å²) in [5, 5.41) is 0. The molecule has 0 aliphatic heterocycles. The van der Waals surface area contributed by atoms with Crippen LogP contribution in [0.2, 0.25) is 0 Å². The highest BCUT2D eigenvalue weighted by Crippen LogP contribution is 2.21. The van der Waals surface area contributed by atoms with Gasteiger partial charge in [0.2, 0.25) is 0 Å². The maximum absolute atomic E-state index is 11.4. The summed E-state index contributed by atoms with van der Waals surface area (Å²) in [7, 11) is 0. The van der Waals surface area contributed by atoms with Gasteiger partial charge in [-0.15, -0.1) is 0 Å². The summed E-state index contributed by atoms with van der Waals surface area (Å²) in [6.07, 6.45) is 5.26. The summed E-state index contributed by atoms with van der Waals surface area (Å²) < 4.78 is 0. The molecular formula is C10H14O2. The van der Waals surface area contributed by atoms with Gasteiger partial charge in [-0.05, 0) is 19.3 Å². The van der Waals surface area contributed by atoms with Crippen molar-refractivity contribution in [2.45, 2.75) is 26.7 Å². The summed E-state index contributed by atoms with van der Waals surface area (Å²) in [5.74, 6) is -0.208. The zero-order valence-corrected chi connectivity index (χ0v) is 7.54. The Morgan fingerprint density at radius 1 is 1.58 bits per heavy atom. The third-order valence-corrected chi connectivity index (χ3v) is 2.31. The zero-order chi connectivity index (χ0) is 9.14. The third kappa shape index (κ3) is 1.81. The molecule has 2 heteroatoms. The van der Waals surface area contributed by atoms with Crippen LogP contribution >= 0.6 is 0 Å². The lowest BCUT2D eigenvalue weighted by molar-refractivity contribution is -0.132. The molecule has 0 unspecified atom stereocenters. The van der Waals surface area contributed by atoms with Crippen LogP contribution < -0.4 is 0 Å². The van der Waals surface area contributed by atoms with E-state index in [1.54, 1.807) is 0 Å². The second-order valence-corrected chi connectivity index (χ2v) is 3.38. The monoisotopic (exact) mass is 166 g/mol. The third-order valence-electron chi connectivity index (χ3n) is 2.31. The van der Waals surface area contributed by atoms with Crippen molar-refractivity contribution >= 4 is 11.6 Å². The van der Waals surface area contributed by atoms with E-state index in [1.807, 2.05) is 19.1 Å². The fourth-order valence-corrected chi connectivity index (χ4v) is 1.69. The summed E-state index contributed by atoms with van der Waals surface area (Å²) in [4.78, 5) is 22.5. The Labute approximate surface area is 72.7 Å². The van der Waals surface area contributed by atoms with Gasteiger partial charge in [-0.3, -0.25) is 9.59 Å². The molecule has 66 valence electrons. The van der Waals surface area contributed by atoms with Crippen LogP contribution in [0.4, 0.5) is 0 Å². The highest BCUT2D eigenvalue weighted by molar-refractivity contribution is 6.02.